The van der Waals surface area contributed by atoms with Gasteiger partial charge in [0.2, 0.25) is 23.5 Å². The Morgan fingerprint density at radius 2 is 1.65 bits per heavy atom. The van der Waals surface area contributed by atoms with E-state index in [1.54, 1.807) is 58.0 Å². The molecule has 1 saturated carbocycles. The van der Waals surface area contributed by atoms with Crippen molar-refractivity contribution >= 4 is 35.1 Å². The monoisotopic (exact) mass is 556 g/mol. The number of ketones is 1. The minimum Gasteiger partial charge on any atom is -0.383 e. The van der Waals surface area contributed by atoms with E-state index in [2.05, 4.69) is 16.0 Å². The number of anilines is 1. The predicted molar refractivity (Wildman–Crippen MR) is 151 cm³/mol. The van der Waals surface area contributed by atoms with Crippen LogP contribution >= 0.6 is 0 Å². The van der Waals surface area contributed by atoms with Gasteiger partial charge in [-0.05, 0) is 55.1 Å². The van der Waals surface area contributed by atoms with Crippen molar-refractivity contribution in [2.45, 2.75) is 91.0 Å². The molecule has 10 nitrogen and oxygen atoms in total. The highest BCUT2D eigenvalue weighted by molar-refractivity contribution is 6.42. The van der Waals surface area contributed by atoms with Gasteiger partial charge in [0.1, 0.15) is 18.2 Å². The molecule has 6 atom stereocenters. The molecule has 1 saturated heterocycles. The zero-order chi connectivity index (χ0) is 29.6. The Balaban J connectivity index is 1.79. The summed E-state index contributed by atoms with van der Waals surface area (Å²) in [6.45, 7) is 9.28. The van der Waals surface area contributed by atoms with E-state index in [0.29, 0.717) is 18.7 Å². The number of hydrogen-bond donors (Lipinski definition) is 4. The van der Waals surface area contributed by atoms with Crippen LogP contribution in [0.3, 0.4) is 0 Å². The summed E-state index contributed by atoms with van der Waals surface area (Å²) in [5, 5.41) is 18.3. The lowest BCUT2D eigenvalue weighted by molar-refractivity contribution is -0.145. The number of carbonyl (C=O) groups excluding carboxylic acids is 5. The average Bonchev–Trinajstić information content (AvgIpc) is 3.52. The van der Waals surface area contributed by atoms with Crippen LogP contribution in [0.2, 0.25) is 0 Å². The molecule has 40 heavy (non-hydrogen) atoms. The minimum absolute atomic E-state index is 0.0655. The average molecular weight is 557 g/mol. The first-order valence-corrected chi connectivity index (χ1v) is 14.5. The van der Waals surface area contributed by atoms with Crippen molar-refractivity contribution in [1.29, 1.82) is 0 Å². The number of carbonyl (C=O) groups is 5. The molecule has 0 radical (unpaired) electrons. The number of amides is 4. The van der Waals surface area contributed by atoms with Gasteiger partial charge in [0.15, 0.2) is 0 Å². The van der Waals surface area contributed by atoms with E-state index in [-0.39, 0.29) is 36.0 Å². The lowest BCUT2D eigenvalue weighted by atomic mass is 9.92. The molecule has 2 fully saturated rings. The van der Waals surface area contributed by atoms with Crippen LogP contribution in [0, 0.1) is 23.7 Å². The molecular weight excluding hydrogens is 512 g/mol. The van der Waals surface area contributed by atoms with E-state index in [0.717, 1.165) is 19.3 Å². The first kappa shape index (κ1) is 31.3. The predicted octanol–water partition coefficient (Wildman–Crippen LogP) is 2.26. The minimum atomic E-state index is -1.26. The molecule has 3 unspecified atom stereocenters. The van der Waals surface area contributed by atoms with Crippen molar-refractivity contribution in [2.75, 3.05) is 11.9 Å². The van der Waals surface area contributed by atoms with Gasteiger partial charge in [0, 0.05) is 12.2 Å². The molecule has 0 aromatic heterocycles. The quantitative estimate of drug-likeness (QED) is 0.291. The molecular formula is C30H44N4O6. The van der Waals surface area contributed by atoms with Crippen molar-refractivity contribution < 1.29 is 29.1 Å². The van der Waals surface area contributed by atoms with Gasteiger partial charge in [-0.25, -0.2) is 0 Å². The maximum atomic E-state index is 13.8. The summed E-state index contributed by atoms with van der Waals surface area (Å²) in [6, 6.07) is 5.87. The van der Waals surface area contributed by atoms with Crippen LogP contribution in [0.15, 0.2) is 30.3 Å². The first-order valence-electron chi connectivity index (χ1n) is 14.5. The number of rotatable bonds is 12. The molecule has 220 valence electrons. The van der Waals surface area contributed by atoms with Gasteiger partial charge in [0.25, 0.3) is 5.91 Å². The SMILES string of the molecule is CCCC(NC(=O)[C@@H]1C2CCCC2CN1C(=O)[C@@H](NC(=O)[C@@H](O)C(C)C)C(C)C)C(=O)C(=O)Nc1ccccc1. The number of nitrogens with one attached hydrogen (secondary N) is 3. The number of aliphatic hydroxyl groups excluding tert-OH is 1. The topological polar surface area (TPSA) is 145 Å². The summed E-state index contributed by atoms with van der Waals surface area (Å²) in [5.41, 5.74) is 0.480. The Hall–Kier alpha value is -3.27. The fourth-order valence-corrected chi connectivity index (χ4v) is 5.79. The Kier molecular flexibility index (Phi) is 10.8. The number of aliphatic hydroxyl groups is 1. The van der Waals surface area contributed by atoms with Crippen LogP contribution in [-0.2, 0) is 24.0 Å². The van der Waals surface area contributed by atoms with Gasteiger partial charge in [-0.1, -0.05) is 65.7 Å². The van der Waals surface area contributed by atoms with E-state index < -0.39 is 47.7 Å². The zero-order valence-electron chi connectivity index (χ0n) is 24.2. The van der Waals surface area contributed by atoms with Crippen LogP contribution in [0.1, 0.15) is 66.7 Å². The summed E-state index contributed by atoms with van der Waals surface area (Å²) >= 11 is 0. The number of para-hydroxylation sites is 1. The molecule has 1 heterocycles. The van der Waals surface area contributed by atoms with Crippen LogP contribution in [0.25, 0.3) is 0 Å². The molecule has 10 heteroatoms. The highest BCUT2D eigenvalue weighted by atomic mass is 16.3. The highest BCUT2D eigenvalue weighted by Crippen LogP contribution is 2.42. The summed E-state index contributed by atoms with van der Waals surface area (Å²) in [7, 11) is 0. The number of likely N-dealkylation sites (tertiary alicyclic amines) is 1. The third-order valence-corrected chi connectivity index (χ3v) is 8.04. The molecule has 4 amide bonds. The molecule has 1 aliphatic heterocycles. The Bertz CT molecular complexity index is 1080. The largest absolute Gasteiger partial charge is 0.383 e. The maximum Gasteiger partial charge on any atom is 0.293 e. The van der Waals surface area contributed by atoms with E-state index >= 15 is 0 Å². The molecule has 3 rings (SSSR count). The molecule has 1 aromatic rings. The van der Waals surface area contributed by atoms with Crippen LogP contribution in [0.5, 0.6) is 0 Å². The van der Waals surface area contributed by atoms with E-state index in [4.69, 9.17) is 0 Å². The second-order valence-electron chi connectivity index (χ2n) is 11.7. The summed E-state index contributed by atoms with van der Waals surface area (Å²) in [4.78, 5) is 67.6. The fraction of sp³-hybridized carbons (Fsp3) is 0.633. The second kappa shape index (κ2) is 13.9. The Labute approximate surface area is 236 Å². The van der Waals surface area contributed by atoms with Crippen LogP contribution in [0.4, 0.5) is 5.69 Å². The highest BCUT2D eigenvalue weighted by Gasteiger charge is 2.51. The number of hydrogen-bond acceptors (Lipinski definition) is 6. The van der Waals surface area contributed by atoms with Gasteiger partial charge >= 0.3 is 0 Å². The summed E-state index contributed by atoms with van der Waals surface area (Å²) in [6.07, 6.45) is 2.20. The van der Waals surface area contributed by atoms with E-state index in [1.165, 1.54) is 4.90 Å². The number of benzene rings is 1. The zero-order valence-corrected chi connectivity index (χ0v) is 24.2. The molecule has 1 aliphatic carbocycles. The fourth-order valence-electron chi connectivity index (χ4n) is 5.79. The third kappa shape index (κ3) is 7.27. The molecule has 0 spiro atoms. The molecule has 4 N–H and O–H groups in total. The first-order chi connectivity index (χ1) is 19.0. The van der Waals surface area contributed by atoms with E-state index in [1.807, 2.05) is 6.92 Å². The summed E-state index contributed by atoms with van der Waals surface area (Å²) in [5.74, 6) is -3.54. The van der Waals surface area contributed by atoms with Gasteiger partial charge in [0.05, 0.1) is 6.04 Å². The van der Waals surface area contributed by atoms with Gasteiger partial charge in [-0.15, -0.1) is 0 Å². The van der Waals surface area contributed by atoms with Crippen molar-refractivity contribution in [1.82, 2.24) is 15.5 Å². The second-order valence-corrected chi connectivity index (χ2v) is 11.7. The van der Waals surface area contributed by atoms with Gasteiger partial charge in [-0.3, -0.25) is 24.0 Å². The van der Waals surface area contributed by atoms with Crippen molar-refractivity contribution in [3.63, 3.8) is 0 Å². The molecule has 0 bridgehead atoms. The lowest BCUT2D eigenvalue weighted by Crippen LogP contribution is -2.59. The molecule has 1 aromatic carbocycles. The number of fused-ring (bicyclic) bond motifs is 1. The van der Waals surface area contributed by atoms with E-state index in [9.17, 15) is 29.1 Å². The van der Waals surface area contributed by atoms with Crippen molar-refractivity contribution in [3.8, 4) is 0 Å². The Morgan fingerprint density at radius 3 is 2.25 bits per heavy atom. The van der Waals surface area contributed by atoms with Crippen molar-refractivity contribution in [3.05, 3.63) is 30.3 Å². The Morgan fingerprint density at radius 1 is 0.975 bits per heavy atom. The summed E-state index contributed by atoms with van der Waals surface area (Å²) < 4.78 is 0. The number of nitrogens with zero attached hydrogens (tertiary/aromatic N) is 1. The normalized spacial score (nSPS) is 22.4. The van der Waals surface area contributed by atoms with Gasteiger partial charge in [-0.2, -0.15) is 0 Å². The lowest BCUT2D eigenvalue weighted by Gasteiger charge is -2.33. The van der Waals surface area contributed by atoms with Gasteiger partial charge < -0.3 is 26.0 Å². The van der Waals surface area contributed by atoms with Crippen molar-refractivity contribution in [2.24, 2.45) is 23.7 Å². The van der Waals surface area contributed by atoms with Crippen LogP contribution < -0.4 is 16.0 Å². The maximum absolute atomic E-state index is 13.8. The molecule has 2 aliphatic rings. The van der Waals surface area contributed by atoms with Crippen LogP contribution in [-0.4, -0.2) is 70.2 Å². The standard InChI is InChI=1S/C30H44N4O6/c1-6-11-22(26(36)29(39)31-20-13-8-7-9-14-20)32-27(37)24-21-15-10-12-19(21)16-34(24)30(40)23(17(2)3)33-28(38)25(35)18(4)5/h7-9,13-14,17-19,21-25,35H,6,10-12,15-16H2,1-5H3,(H,31,39)(H,32,37)(H,33,38)/t19?,21?,22?,23-,24-,25-/m0/s1. The number of Topliss-reactive ketones (excluding diaryl/α,β-unsaturated/α-hetero) is 1. The third-order valence-electron chi connectivity index (χ3n) is 8.04. The smallest absolute Gasteiger partial charge is 0.293 e.